The van der Waals surface area contributed by atoms with Gasteiger partial charge in [0.25, 0.3) is 0 Å². The van der Waals surface area contributed by atoms with Crippen molar-refractivity contribution >= 4 is 11.9 Å². The summed E-state index contributed by atoms with van der Waals surface area (Å²) in [6, 6.07) is 9.75. The molecule has 6 heteroatoms. The molecule has 1 atom stereocenters. The highest BCUT2D eigenvalue weighted by atomic mass is 16.4. The summed E-state index contributed by atoms with van der Waals surface area (Å²) in [7, 11) is 0. The number of hydrogen-bond donors (Lipinski definition) is 1. The van der Waals surface area contributed by atoms with Crippen molar-refractivity contribution in [2.75, 3.05) is 13.1 Å². The quantitative estimate of drug-likeness (QED) is 0.889. The molecule has 138 valence electrons. The van der Waals surface area contributed by atoms with E-state index in [9.17, 15) is 14.7 Å². The predicted molar refractivity (Wildman–Crippen MR) is 96.6 cm³/mol. The van der Waals surface area contributed by atoms with Crippen LogP contribution in [0.3, 0.4) is 0 Å². The summed E-state index contributed by atoms with van der Waals surface area (Å²) in [6.07, 6.45) is 1.99. The number of aliphatic carboxylic acids is 1. The van der Waals surface area contributed by atoms with Crippen LogP contribution in [0.5, 0.6) is 0 Å². The van der Waals surface area contributed by atoms with Gasteiger partial charge in [0.15, 0.2) is 11.7 Å². The van der Waals surface area contributed by atoms with E-state index >= 15 is 0 Å². The molecule has 0 spiro atoms. The molecule has 1 unspecified atom stereocenters. The van der Waals surface area contributed by atoms with Gasteiger partial charge in [0, 0.05) is 31.5 Å². The average Bonchev–Trinajstić information content (AvgIpc) is 3.01. The van der Waals surface area contributed by atoms with Crippen LogP contribution in [0.4, 0.5) is 0 Å². The number of rotatable bonds is 5. The van der Waals surface area contributed by atoms with Crippen molar-refractivity contribution < 1.29 is 19.1 Å². The maximum absolute atomic E-state index is 12.5. The van der Waals surface area contributed by atoms with Gasteiger partial charge < -0.3 is 14.4 Å². The van der Waals surface area contributed by atoms with Crippen molar-refractivity contribution in [1.29, 1.82) is 0 Å². The lowest BCUT2D eigenvalue weighted by Crippen LogP contribution is -2.48. The van der Waals surface area contributed by atoms with E-state index < -0.39 is 11.4 Å². The van der Waals surface area contributed by atoms with Crippen LogP contribution in [-0.2, 0) is 16.0 Å². The molecule has 1 N–H and O–H groups in total. The van der Waals surface area contributed by atoms with Crippen LogP contribution in [0.2, 0.25) is 0 Å². The van der Waals surface area contributed by atoms with E-state index in [1.807, 2.05) is 37.3 Å². The number of piperidine rings is 1. The Balaban J connectivity index is 1.62. The molecular formula is C20H24N2O4. The second-order valence-electron chi connectivity index (χ2n) is 7.17. The van der Waals surface area contributed by atoms with Crippen molar-refractivity contribution in [1.82, 2.24) is 9.88 Å². The van der Waals surface area contributed by atoms with E-state index in [0.717, 1.165) is 17.0 Å². The first-order valence-electron chi connectivity index (χ1n) is 8.92. The number of carboxylic acid groups (broad SMARTS) is 1. The summed E-state index contributed by atoms with van der Waals surface area (Å²) >= 11 is 0. The summed E-state index contributed by atoms with van der Waals surface area (Å²) in [4.78, 5) is 30.0. The Hall–Kier alpha value is -2.63. The van der Waals surface area contributed by atoms with Crippen molar-refractivity contribution in [3.63, 3.8) is 0 Å². The van der Waals surface area contributed by atoms with Gasteiger partial charge >= 0.3 is 5.97 Å². The van der Waals surface area contributed by atoms with Gasteiger partial charge in [-0.1, -0.05) is 30.3 Å². The number of oxazole rings is 1. The number of hydrogen-bond acceptors (Lipinski definition) is 4. The fraction of sp³-hybridized carbons (Fsp3) is 0.450. The Morgan fingerprint density at radius 3 is 2.73 bits per heavy atom. The molecule has 0 bridgehead atoms. The number of nitrogens with zero attached hydrogens (tertiary/aromatic N) is 2. The van der Waals surface area contributed by atoms with E-state index in [-0.39, 0.29) is 18.9 Å². The fourth-order valence-electron chi connectivity index (χ4n) is 3.42. The van der Waals surface area contributed by atoms with Gasteiger partial charge in [0.05, 0.1) is 11.1 Å². The molecule has 0 aliphatic carbocycles. The predicted octanol–water partition coefficient (Wildman–Crippen LogP) is 3.30. The molecule has 3 rings (SSSR count). The zero-order valence-electron chi connectivity index (χ0n) is 15.2. The third kappa shape index (κ3) is 3.79. The summed E-state index contributed by atoms with van der Waals surface area (Å²) in [6.45, 7) is 4.47. The number of carbonyl (C=O) groups excluding carboxylic acids is 1. The fourth-order valence-corrected chi connectivity index (χ4v) is 3.42. The molecule has 1 saturated heterocycles. The third-order valence-corrected chi connectivity index (χ3v) is 5.00. The highest BCUT2D eigenvalue weighted by Crippen LogP contribution is 2.30. The third-order valence-electron chi connectivity index (χ3n) is 5.00. The number of amides is 1. The lowest BCUT2D eigenvalue weighted by atomic mass is 9.82. The van der Waals surface area contributed by atoms with Crippen molar-refractivity contribution in [2.45, 2.75) is 39.5 Å². The standard InChI is InChI=1S/C20H24N2O4/c1-14-18(15-7-4-3-5-8-15)26-16(21-14)9-10-17(23)22-12-6-11-20(2,13-22)19(24)25/h3-5,7-8H,6,9-13H2,1-2H3,(H,24,25). The summed E-state index contributed by atoms with van der Waals surface area (Å²) in [5.74, 6) is 0.373. The molecule has 2 heterocycles. The Bertz CT molecular complexity index is 799. The van der Waals surface area contributed by atoms with Gasteiger partial charge in [-0.3, -0.25) is 9.59 Å². The van der Waals surface area contributed by atoms with E-state index in [0.29, 0.717) is 31.7 Å². The number of aromatic nitrogens is 1. The van der Waals surface area contributed by atoms with Crippen LogP contribution in [0, 0.1) is 12.3 Å². The average molecular weight is 356 g/mol. The topological polar surface area (TPSA) is 83.6 Å². The van der Waals surface area contributed by atoms with Gasteiger partial charge in [-0.05, 0) is 26.7 Å². The second kappa shape index (κ2) is 7.32. The van der Waals surface area contributed by atoms with E-state index in [1.165, 1.54) is 0 Å². The molecule has 26 heavy (non-hydrogen) atoms. The maximum Gasteiger partial charge on any atom is 0.311 e. The SMILES string of the molecule is Cc1nc(CCC(=O)N2CCCC(C)(C(=O)O)C2)oc1-c1ccccc1. The smallest absolute Gasteiger partial charge is 0.311 e. The molecule has 1 fully saturated rings. The lowest BCUT2D eigenvalue weighted by Gasteiger charge is -2.37. The molecule has 0 saturated carbocycles. The van der Waals surface area contributed by atoms with Crippen molar-refractivity contribution in [2.24, 2.45) is 5.41 Å². The van der Waals surface area contributed by atoms with Crippen LogP contribution >= 0.6 is 0 Å². The van der Waals surface area contributed by atoms with Gasteiger partial charge in [0.1, 0.15) is 0 Å². The van der Waals surface area contributed by atoms with Gasteiger partial charge in [-0.25, -0.2) is 4.98 Å². The van der Waals surface area contributed by atoms with Gasteiger partial charge in [-0.2, -0.15) is 0 Å². The first kappa shape index (κ1) is 18.2. The molecule has 1 aromatic carbocycles. The van der Waals surface area contributed by atoms with Crippen molar-refractivity contribution in [3.8, 4) is 11.3 Å². The summed E-state index contributed by atoms with van der Waals surface area (Å²) in [5, 5.41) is 9.38. The number of carboxylic acids is 1. The molecule has 6 nitrogen and oxygen atoms in total. The molecule has 1 aliphatic rings. The Morgan fingerprint density at radius 2 is 2.04 bits per heavy atom. The summed E-state index contributed by atoms with van der Waals surface area (Å²) < 4.78 is 5.84. The van der Waals surface area contributed by atoms with E-state index in [1.54, 1.807) is 11.8 Å². The highest BCUT2D eigenvalue weighted by molar-refractivity contribution is 5.79. The summed E-state index contributed by atoms with van der Waals surface area (Å²) in [5.41, 5.74) is 0.909. The van der Waals surface area contributed by atoms with Crippen LogP contribution < -0.4 is 0 Å². The minimum absolute atomic E-state index is 0.0470. The maximum atomic E-state index is 12.5. The van der Waals surface area contributed by atoms with Crippen molar-refractivity contribution in [3.05, 3.63) is 41.9 Å². The van der Waals surface area contributed by atoms with Crippen LogP contribution in [0.15, 0.2) is 34.7 Å². The highest BCUT2D eigenvalue weighted by Gasteiger charge is 2.39. The van der Waals surface area contributed by atoms with Gasteiger partial charge in [0.2, 0.25) is 5.91 Å². The zero-order chi connectivity index (χ0) is 18.7. The molecule has 1 amide bonds. The molecule has 1 aliphatic heterocycles. The number of carbonyl (C=O) groups is 2. The minimum Gasteiger partial charge on any atom is -0.481 e. The monoisotopic (exact) mass is 356 g/mol. The first-order chi connectivity index (χ1) is 12.4. The lowest BCUT2D eigenvalue weighted by molar-refractivity contribution is -0.153. The van der Waals surface area contributed by atoms with Crippen LogP contribution in [0.1, 0.15) is 37.8 Å². The molecule has 0 radical (unpaired) electrons. The van der Waals surface area contributed by atoms with Crippen LogP contribution in [-0.4, -0.2) is 40.0 Å². The molecular weight excluding hydrogens is 332 g/mol. The number of likely N-dealkylation sites (tertiary alicyclic amines) is 1. The Morgan fingerprint density at radius 1 is 1.31 bits per heavy atom. The second-order valence-corrected chi connectivity index (χ2v) is 7.17. The number of aryl methyl sites for hydroxylation is 2. The first-order valence-corrected chi connectivity index (χ1v) is 8.92. The van der Waals surface area contributed by atoms with E-state index in [2.05, 4.69) is 4.98 Å². The van der Waals surface area contributed by atoms with E-state index in [4.69, 9.17) is 4.42 Å². The normalized spacial score (nSPS) is 20.2. The zero-order valence-corrected chi connectivity index (χ0v) is 15.2. The Labute approximate surface area is 152 Å². The Kier molecular flexibility index (Phi) is 5.11. The van der Waals surface area contributed by atoms with Gasteiger partial charge in [-0.15, -0.1) is 0 Å². The van der Waals surface area contributed by atoms with Crippen LogP contribution in [0.25, 0.3) is 11.3 Å². The molecule has 1 aromatic heterocycles. The largest absolute Gasteiger partial charge is 0.481 e. The number of benzene rings is 1. The minimum atomic E-state index is -0.853. The molecule has 2 aromatic rings.